The number of benzene rings is 1. The van der Waals surface area contributed by atoms with Crippen molar-refractivity contribution in [1.29, 1.82) is 0 Å². The lowest BCUT2D eigenvalue weighted by Crippen LogP contribution is -1.92. The number of fused-ring (bicyclic) bond motifs is 2. The number of ether oxygens (including phenoxy) is 2. The summed E-state index contributed by atoms with van der Waals surface area (Å²) in [7, 11) is 0. The molecule has 0 fully saturated rings. The van der Waals surface area contributed by atoms with Gasteiger partial charge in [0.2, 0.25) is 6.79 Å². The first kappa shape index (κ1) is 5.94. The average Bonchev–Trinajstić information content (AvgIpc) is 2.64. The van der Waals surface area contributed by atoms with E-state index in [-0.39, 0.29) is 0 Å². The quantitative estimate of drug-likeness (QED) is 0.594. The number of furan rings is 1. The lowest BCUT2D eigenvalue weighted by molar-refractivity contribution is 0.174. The Balaban J connectivity index is 2.38. The summed E-state index contributed by atoms with van der Waals surface area (Å²) in [5, 5.41) is 2.08. The maximum absolute atomic E-state index is 5.21. The van der Waals surface area contributed by atoms with Gasteiger partial charge in [-0.15, -0.1) is 0 Å². The van der Waals surface area contributed by atoms with Gasteiger partial charge in [0.1, 0.15) is 0 Å². The van der Waals surface area contributed by atoms with E-state index in [1.165, 1.54) is 0 Å². The Labute approximate surface area is 68.5 Å². The first-order chi connectivity index (χ1) is 5.93. The molecule has 0 saturated carbocycles. The Hall–Kier alpha value is -1.64. The number of rotatable bonds is 0. The van der Waals surface area contributed by atoms with Crippen LogP contribution in [0.15, 0.2) is 29.1 Å². The van der Waals surface area contributed by atoms with E-state index in [2.05, 4.69) is 0 Å². The Morgan fingerprint density at radius 1 is 0.917 bits per heavy atom. The van der Waals surface area contributed by atoms with Gasteiger partial charge in [-0.3, -0.25) is 0 Å². The molecule has 0 amide bonds. The molecule has 3 heteroatoms. The maximum Gasteiger partial charge on any atom is 0.231 e. The minimum absolute atomic E-state index is 0.319. The molecule has 1 aromatic carbocycles. The highest BCUT2D eigenvalue weighted by molar-refractivity contribution is 5.85. The number of hydrogen-bond acceptors (Lipinski definition) is 3. The molecule has 2 heterocycles. The highest BCUT2D eigenvalue weighted by Crippen LogP contribution is 2.36. The fourth-order valence-corrected chi connectivity index (χ4v) is 1.36. The second-order valence-electron chi connectivity index (χ2n) is 2.71. The van der Waals surface area contributed by atoms with Gasteiger partial charge in [0.25, 0.3) is 0 Å². The molecule has 0 atom stereocenters. The van der Waals surface area contributed by atoms with E-state index in [0.717, 1.165) is 22.3 Å². The Kier molecular flexibility index (Phi) is 0.961. The van der Waals surface area contributed by atoms with Crippen LogP contribution in [0.1, 0.15) is 0 Å². The molecule has 0 aliphatic carbocycles. The summed E-state index contributed by atoms with van der Waals surface area (Å²) in [6, 6.07) is 3.84. The minimum Gasteiger partial charge on any atom is -0.471 e. The Bertz CT molecular complexity index is 392. The Morgan fingerprint density at radius 3 is 2.08 bits per heavy atom. The van der Waals surface area contributed by atoms with Crippen LogP contribution in [0.2, 0.25) is 0 Å². The monoisotopic (exact) mass is 162 g/mol. The summed E-state index contributed by atoms with van der Waals surface area (Å²) in [6.07, 6.45) is 3.38. The van der Waals surface area contributed by atoms with E-state index in [0.29, 0.717) is 6.79 Å². The average molecular weight is 162 g/mol. The van der Waals surface area contributed by atoms with Crippen LogP contribution in [0.5, 0.6) is 11.5 Å². The highest BCUT2D eigenvalue weighted by atomic mass is 16.7. The van der Waals surface area contributed by atoms with Crippen LogP contribution in [0, 0.1) is 0 Å². The molecule has 3 nitrogen and oxygen atoms in total. The molecule has 0 saturated heterocycles. The van der Waals surface area contributed by atoms with Gasteiger partial charge in [0.15, 0.2) is 11.5 Å². The zero-order valence-electron chi connectivity index (χ0n) is 6.24. The van der Waals surface area contributed by atoms with Gasteiger partial charge < -0.3 is 13.9 Å². The summed E-state index contributed by atoms with van der Waals surface area (Å²) in [4.78, 5) is 0. The first-order valence-electron chi connectivity index (χ1n) is 3.69. The van der Waals surface area contributed by atoms with Gasteiger partial charge in [0.05, 0.1) is 12.5 Å². The van der Waals surface area contributed by atoms with Crippen LogP contribution >= 0.6 is 0 Å². The summed E-state index contributed by atoms with van der Waals surface area (Å²) < 4.78 is 15.5. The van der Waals surface area contributed by atoms with Crippen LogP contribution in [0.25, 0.3) is 10.8 Å². The lowest BCUT2D eigenvalue weighted by Gasteiger charge is -1.93. The molecule has 1 aliphatic rings. The molecule has 3 rings (SSSR count). The van der Waals surface area contributed by atoms with Gasteiger partial charge in [-0.2, -0.15) is 0 Å². The third-order valence-corrected chi connectivity index (χ3v) is 1.97. The fourth-order valence-electron chi connectivity index (χ4n) is 1.36. The van der Waals surface area contributed by atoms with Crippen molar-refractivity contribution >= 4 is 10.8 Å². The standard InChI is InChI=1S/C9H6O3/c1-6-3-10-4-7(6)2-9-8(1)11-5-12-9/h1-4H,5H2. The van der Waals surface area contributed by atoms with E-state index in [1.807, 2.05) is 12.1 Å². The van der Waals surface area contributed by atoms with Crippen LogP contribution in [-0.2, 0) is 0 Å². The van der Waals surface area contributed by atoms with Crippen molar-refractivity contribution in [2.45, 2.75) is 0 Å². The molecule has 12 heavy (non-hydrogen) atoms. The molecule has 0 spiro atoms. The van der Waals surface area contributed by atoms with Crippen LogP contribution in [0.3, 0.4) is 0 Å². The van der Waals surface area contributed by atoms with Crippen LogP contribution < -0.4 is 9.47 Å². The van der Waals surface area contributed by atoms with E-state index >= 15 is 0 Å². The minimum atomic E-state index is 0.319. The zero-order chi connectivity index (χ0) is 7.97. The van der Waals surface area contributed by atoms with Crippen molar-refractivity contribution in [1.82, 2.24) is 0 Å². The van der Waals surface area contributed by atoms with E-state index in [9.17, 15) is 0 Å². The van der Waals surface area contributed by atoms with Gasteiger partial charge in [-0.05, 0) is 12.1 Å². The largest absolute Gasteiger partial charge is 0.471 e. The molecule has 0 bridgehead atoms. The zero-order valence-corrected chi connectivity index (χ0v) is 6.24. The molecule has 1 aromatic heterocycles. The predicted molar refractivity (Wildman–Crippen MR) is 42.3 cm³/mol. The molecular formula is C9H6O3. The van der Waals surface area contributed by atoms with Crippen LogP contribution in [-0.4, -0.2) is 6.79 Å². The maximum atomic E-state index is 5.21. The number of hydrogen-bond donors (Lipinski definition) is 0. The second-order valence-corrected chi connectivity index (χ2v) is 2.71. The molecule has 60 valence electrons. The van der Waals surface area contributed by atoms with Gasteiger partial charge >= 0.3 is 0 Å². The molecule has 1 aliphatic heterocycles. The smallest absolute Gasteiger partial charge is 0.231 e. The van der Waals surface area contributed by atoms with Crippen molar-refractivity contribution in [3.05, 3.63) is 24.7 Å². The van der Waals surface area contributed by atoms with E-state index in [1.54, 1.807) is 12.5 Å². The molecular weight excluding hydrogens is 156 g/mol. The lowest BCUT2D eigenvalue weighted by atomic mass is 10.2. The predicted octanol–water partition coefficient (Wildman–Crippen LogP) is 2.16. The van der Waals surface area contributed by atoms with E-state index in [4.69, 9.17) is 13.9 Å². The van der Waals surface area contributed by atoms with Crippen molar-refractivity contribution in [2.24, 2.45) is 0 Å². The van der Waals surface area contributed by atoms with Gasteiger partial charge in [-0.25, -0.2) is 0 Å². The Morgan fingerprint density at radius 2 is 1.50 bits per heavy atom. The van der Waals surface area contributed by atoms with Gasteiger partial charge in [0, 0.05) is 10.8 Å². The third kappa shape index (κ3) is 0.652. The molecule has 2 aromatic rings. The van der Waals surface area contributed by atoms with Gasteiger partial charge in [-0.1, -0.05) is 0 Å². The molecule has 0 radical (unpaired) electrons. The topological polar surface area (TPSA) is 31.6 Å². The van der Waals surface area contributed by atoms with Crippen LogP contribution in [0.4, 0.5) is 0 Å². The summed E-state index contributed by atoms with van der Waals surface area (Å²) >= 11 is 0. The SMILES string of the molecule is c1occ2cc3c(cc12)OCO3. The molecule has 0 unspecified atom stereocenters. The molecule has 0 N–H and O–H groups in total. The summed E-state index contributed by atoms with van der Waals surface area (Å²) in [6.45, 7) is 0.319. The van der Waals surface area contributed by atoms with Crippen molar-refractivity contribution in [3.8, 4) is 11.5 Å². The highest BCUT2D eigenvalue weighted by Gasteiger charge is 2.14. The third-order valence-electron chi connectivity index (χ3n) is 1.97. The summed E-state index contributed by atoms with van der Waals surface area (Å²) in [5.41, 5.74) is 0. The van der Waals surface area contributed by atoms with Crippen molar-refractivity contribution in [2.75, 3.05) is 6.79 Å². The normalized spacial score (nSPS) is 14.0. The van der Waals surface area contributed by atoms with E-state index < -0.39 is 0 Å². The summed E-state index contributed by atoms with van der Waals surface area (Å²) in [5.74, 6) is 1.59. The van der Waals surface area contributed by atoms with Crippen molar-refractivity contribution in [3.63, 3.8) is 0 Å². The second kappa shape index (κ2) is 1.94. The first-order valence-corrected chi connectivity index (χ1v) is 3.69. The van der Waals surface area contributed by atoms with Crippen molar-refractivity contribution < 1.29 is 13.9 Å². The fraction of sp³-hybridized carbons (Fsp3) is 0.111.